The minimum atomic E-state index is 0.245. The first-order chi connectivity index (χ1) is 4.80. The largest absolute Gasteiger partial charge is 0.306 e. The lowest BCUT2D eigenvalue weighted by Crippen LogP contribution is -2.56. The van der Waals surface area contributed by atoms with Crippen LogP contribution < -0.4 is 0 Å². The van der Waals surface area contributed by atoms with Gasteiger partial charge in [0.15, 0.2) is 0 Å². The second kappa shape index (κ2) is 2.02. The van der Waals surface area contributed by atoms with E-state index < -0.39 is 0 Å². The van der Waals surface area contributed by atoms with E-state index in [0.29, 0.717) is 5.37 Å². The third kappa shape index (κ3) is 0.639. The third-order valence-electron chi connectivity index (χ3n) is 1.98. The van der Waals surface area contributed by atoms with Gasteiger partial charge < -0.3 is 4.90 Å². The monoisotopic (exact) mass is 155 g/mol. The van der Waals surface area contributed by atoms with Gasteiger partial charge in [-0.1, -0.05) is 13.0 Å². The van der Waals surface area contributed by atoms with Crippen LogP contribution in [0.2, 0.25) is 0 Å². The number of thioether (sulfide) groups is 1. The number of hydrogen-bond donors (Lipinski definition) is 0. The molecule has 2 unspecified atom stereocenters. The molecule has 0 aromatic carbocycles. The van der Waals surface area contributed by atoms with E-state index in [-0.39, 0.29) is 11.8 Å². The van der Waals surface area contributed by atoms with Gasteiger partial charge in [0.05, 0.1) is 11.3 Å². The van der Waals surface area contributed by atoms with Crippen LogP contribution in [0.15, 0.2) is 12.3 Å². The molecule has 0 N–H and O–H groups in total. The molecule has 3 heteroatoms. The highest BCUT2D eigenvalue weighted by atomic mass is 32.2. The standard InChI is InChI=1S/C7H9NOS/c1-5-6(9)8-3-2-4-10-7(5)8/h2-3,5,7H,4H2,1H3. The highest BCUT2D eigenvalue weighted by Gasteiger charge is 2.43. The van der Waals surface area contributed by atoms with Crippen molar-refractivity contribution in [3.8, 4) is 0 Å². The van der Waals surface area contributed by atoms with Crippen LogP contribution in [0, 0.1) is 5.92 Å². The molecule has 0 radical (unpaired) electrons. The van der Waals surface area contributed by atoms with Gasteiger partial charge in [-0.3, -0.25) is 4.79 Å². The molecule has 54 valence electrons. The SMILES string of the molecule is CC1C(=O)N2C=CCSC12. The Hall–Kier alpha value is -0.440. The van der Waals surface area contributed by atoms with Crippen LogP contribution in [0.25, 0.3) is 0 Å². The van der Waals surface area contributed by atoms with Crippen molar-refractivity contribution >= 4 is 17.7 Å². The van der Waals surface area contributed by atoms with E-state index in [1.165, 1.54) is 0 Å². The summed E-state index contributed by atoms with van der Waals surface area (Å²) in [6, 6.07) is 0. The van der Waals surface area contributed by atoms with E-state index >= 15 is 0 Å². The third-order valence-corrected chi connectivity index (χ3v) is 3.34. The van der Waals surface area contributed by atoms with E-state index in [0.717, 1.165) is 5.75 Å². The summed E-state index contributed by atoms with van der Waals surface area (Å²) < 4.78 is 0. The van der Waals surface area contributed by atoms with E-state index in [1.807, 2.05) is 35.9 Å². The minimum Gasteiger partial charge on any atom is -0.306 e. The van der Waals surface area contributed by atoms with Crippen molar-refractivity contribution in [1.82, 2.24) is 4.90 Å². The van der Waals surface area contributed by atoms with Gasteiger partial charge in [0.1, 0.15) is 0 Å². The van der Waals surface area contributed by atoms with Crippen molar-refractivity contribution in [1.29, 1.82) is 0 Å². The van der Waals surface area contributed by atoms with Gasteiger partial charge in [0.25, 0.3) is 0 Å². The van der Waals surface area contributed by atoms with Crippen molar-refractivity contribution in [2.75, 3.05) is 5.75 Å². The van der Waals surface area contributed by atoms with Gasteiger partial charge in [0, 0.05) is 12.0 Å². The molecule has 1 saturated heterocycles. The van der Waals surface area contributed by atoms with E-state index in [9.17, 15) is 4.79 Å². The van der Waals surface area contributed by atoms with Crippen LogP contribution >= 0.6 is 11.8 Å². The molecular weight excluding hydrogens is 146 g/mol. The normalized spacial score (nSPS) is 37.3. The number of nitrogens with zero attached hydrogens (tertiary/aromatic N) is 1. The van der Waals surface area contributed by atoms with E-state index in [1.54, 1.807) is 0 Å². The number of rotatable bonds is 0. The average Bonchev–Trinajstić information content (AvgIpc) is 2.03. The smallest absolute Gasteiger partial charge is 0.233 e. The first-order valence-electron chi connectivity index (χ1n) is 3.41. The zero-order valence-corrected chi connectivity index (χ0v) is 6.60. The van der Waals surface area contributed by atoms with E-state index in [2.05, 4.69) is 0 Å². The highest BCUT2D eigenvalue weighted by Crippen LogP contribution is 2.37. The van der Waals surface area contributed by atoms with Crippen LogP contribution in [0.4, 0.5) is 0 Å². The van der Waals surface area contributed by atoms with E-state index in [4.69, 9.17) is 0 Å². The Balaban J connectivity index is 2.18. The lowest BCUT2D eigenvalue weighted by molar-refractivity contribution is -0.144. The Bertz CT molecular complexity index is 202. The van der Waals surface area contributed by atoms with Gasteiger partial charge in [-0.05, 0) is 0 Å². The van der Waals surface area contributed by atoms with Gasteiger partial charge in [0.2, 0.25) is 5.91 Å². The molecule has 2 nitrogen and oxygen atoms in total. The Morgan fingerprint density at radius 3 is 3.30 bits per heavy atom. The summed E-state index contributed by atoms with van der Waals surface area (Å²) in [6.45, 7) is 2.00. The maximum absolute atomic E-state index is 11.1. The van der Waals surface area contributed by atoms with Gasteiger partial charge >= 0.3 is 0 Å². The average molecular weight is 155 g/mol. The van der Waals surface area contributed by atoms with Gasteiger partial charge in [-0.25, -0.2) is 0 Å². The molecule has 2 rings (SSSR count). The molecule has 1 amide bonds. The number of β-lactam (4-membered cyclic amide) rings is 1. The fraction of sp³-hybridized carbons (Fsp3) is 0.571. The van der Waals surface area contributed by atoms with Crippen LogP contribution in [-0.2, 0) is 4.79 Å². The van der Waals surface area contributed by atoms with Crippen molar-refractivity contribution in [3.63, 3.8) is 0 Å². The van der Waals surface area contributed by atoms with Crippen LogP contribution in [-0.4, -0.2) is 21.9 Å². The maximum Gasteiger partial charge on any atom is 0.233 e. The summed E-state index contributed by atoms with van der Waals surface area (Å²) in [5.41, 5.74) is 0. The number of carbonyl (C=O) groups is 1. The Morgan fingerprint density at radius 1 is 1.80 bits per heavy atom. The molecule has 0 spiro atoms. The number of amides is 1. The Labute approximate surface area is 64.3 Å². The van der Waals surface area contributed by atoms with Crippen LogP contribution in [0.1, 0.15) is 6.92 Å². The number of fused-ring (bicyclic) bond motifs is 1. The molecule has 0 saturated carbocycles. The second-order valence-corrected chi connectivity index (χ2v) is 3.79. The van der Waals surface area contributed by atoms with Crippen molar-refractivity contribution in [2.45, 2.75) is 12.3 Å². The zero-order valence-electron chi connectivity index (χ0n) is 5.78. The van der Waals surface area contributed by atoms with Crippen molar-refractivity contribution in [2.24, 2.45) is 5.92 Å². The summed E-state index contributed by atoms with van der Waals surface area (Å²) in [5, 5.41) is 0.442. The molecule has 1 fully saturated rings. The fourth-order valence-corrected chi connectivity index (χ4v) is 2.47. The summed E-state index contributed by atoms with van der Waals surface area (Å²) in [5.74, 6) is 1.57. The van der Waals surface area contributed by atoms with Gasteiger partial charge in [-0.15, -0.1) is 11.8 Å². The molecule has 2 atom stereocenters. The quantitative estimate of drug-likeness (QED) is 0.487. The van der Waals surface area contributed by atoms with Crippen molar-refractivity contribution in [3.05, 3.63) is 12.3 Å². The second-order valence-electron chi connectivity index (χ2n) is 2.64. The molecule has 2 heterocycles. The highest BCUT2D eigenvalue weighted by molar-refractivity contribution is 8.00. The Morgan fingerprint density at radius 2 is 2.60 bits per heavy atom. The zero-order chi connectivity index (χ0) is 7.14. The molecule has 10 heavy (non-hydrogen) atoms. The Kier molecular flexibility index (Phi) is 1.27. The van der Waals surface area contributed by atoms with Crippen molar-refractivity contribution < 1.29 is 4.79 Å². The molecule has 0 aliphatic carbocycles. The molecule has 0 aromatic heterocycles. The maximum atomic E-state index is 11.1. The topological polar surface area (TPSA) is 20.3 Å². The molecule has 0 bridgehead atoms. The van der Waals surface area contributed by atoms with Gasteiger partial charge in [-0.2, -0.15) is 0 Å². The lowest BCUT2D eigenvalue weighted by Gasteiger charge is -2.44. The summed E-state index contributed by atoms with van der Waals surface area (Å²) in [7, 11) is 0. The fourth-order valence-electron chi connectivity index (χ4n) is 1.33. The molecule has 2 aliphatic heterocycles. The molecular formula is C7H9NOS. The summed E-state index contributed by atoms with van der Waals surface area (Å²) in [4.78, 5) is 12.9. The first kappa shape index (κ1) is 6.28. The number of hydrogen-bond acceptors (Lipinski definition) is 2. The lowest BCUT2D eigenvalue weighted by atomic mass is 10.0. The van der Waals surface area contributed by atoms with Crippen LogP contribution in [0.3, 0.4) is 0 Å². The molecule has 2 aliphatic rings. The summed E-state index contributed by atoms with van der Waals surface area (Å²) >= 11 is 1.84. The predicted octanol–water partition coefficient (Wildman–Crippen LogP) is 1.05. The summed E-state index contributed by atoms with van der Waals surface area (Å²) in [6.07, 6.45) is 3.94. The molecule has 0 aromatic rings. The van der Waals surface area contributed by atoms with Crippen LogP contribution in [0.5, 0.6) is 0 Å². The minimum absolute atomic E-state index is 0.245. The number of carbonyl (C=O) groups excluding carboxylic acids is 1. The first-order valence-corrected chi connectivity index (χ1v) is 4.46. The predicted molar refractivity (Wildman–Crippen MR) is 41.4 cm³/mol.